The summed E-state index contributed by atoms with van der Waals surface area (Å²) >= 11 is 10.2. The molecular formula is C28H29Cl2N6O4S3+. The first kappa shape index (κ1) is 33.0. The maximum Gasteiger partial charge on any atom is 0.269 e. The minimum absolute atomic E-state index is 0. The van der Waals surface area contributed by atoms with Crippen molar-refractivity contribution in [2.45, 2.75) is 28.7 Å². The number of allylic oxidation sites excluding steroid dienone is 3. The lowest BCUT2D eigenvalue weighted by Gasteiger charge is -2.49. The Bertz CT molecular complexity index is 1550. The second kappa shape index (κ2) is 15.2. The van der Waals surface area contributed by atoms with E-state index in [4.69, 9.17) is 17.3 Å². The zero-order chi connectivity index (χ0) is 29.6. The Kier molecular flexibility index (Phi) is 11.6. The van der Waals surface area contributed by atoms with Gasteiger partial charge in [0.1, 0.15) is 17.1 Å². The van der Waals surface area contributed by atoms with Crippen molar-refractivity contribution in [1.82, 2.24) is 20.5 Å². The van der Waals surface area contributed by atoms with Gasteiger partial charge >= 0.3 is 0 Å². The molecule has 0 aliphatic carbocycles. The maximum absolute atomic E-state index is 13.0. The van der Waals surface area contributed by atoms with Crippen LogP contribution in [-0.4, -0.2) is 68.9 Å². The van der Waals surface area contributed by atoms with Crippen LogP contribution in [0.5, 0.6) is 0 Å². The molecule has 1 fully saturated rings. The van der Waals surface area contributed by atoms with Gasteiger partial charge in [-0.05, 0) is 48.3 Å². The highest BCUT2D eigenvalue weighted by molar-refractivity contribution is 8.01. The van der Waals surface area contributed by atoms with Gasteiger partial charge in [0, 0.05) is 24.4 Å². The summed E-state index contributed by atoms with van der Waals surface area (Å²) in [4.78, 5) is 56.1. The van der Waals surface area contributed by atoms with Crippen molar-refractivity contribution in [3.63, 3.8) is 0 Å². The van der Waals surface area contributed by atoms with Gasteiger partial charge in [0.25, 0.3) is 17.1 Å². The number of thioether (sulfide) groups is 2. The van der Waals surface area contributed by atoms with E-state index in [1.165, 1.54) is 39.8 Å². The number of aromatic nitrogens is 2. The quantitative estimate of drug-likeness (QED) is 0.0874. The molecule has 5 rings (SSSR count). The molecule has 0 saturated carbocycles. The molecule has 3 aromatic rings. The first-order valence-electron chi connectivity index (χ1n) is 13.1. The fraction of sp³-hybridized carbons (Fsp3) is 0.286. The number of hydrogen-bond donors (Lipinski definition) is 3. The third-order valence-corrected chi connectivity index (χ3v) is 10.2. The summed E-state index contributed by atoms with van der Waals surface area (Å²) in [5, 5.41) is 4.50. The third-order valence-electron chi connectivity index (χ3n) is 6.56. The van der Waals surface area contributed by atoms with Crippen LogP contribution in [-0.2, 0) is 20.9 Å². The molecule has 0 unspecified atom stereocenters. The molecule has 2 aliphatic heterocycles. The zero-order valence-electron chi connectivity index (χ0n) is 22.7. The molecule has 2 aromatic heterocycles. The monoisotopic (exact) mass is 679 g/mol. The van der Waals surface area contributed by atoms with Crippen molar-refractivity contribution >= 4 is 92.0 Å². The van der Waals surface area contributed by atoms with Crippen molar-refractivity contribution in [3.8, 4) is 0 Å². The van der Waals surface area contributed by atoms with Crippen LogP contribution in [0.4, 0.5) is 0 Å². The van der Waals surface area contributed by atoms with E-state index in [0.717, 1.165) is 14.6 Å². The molecule has 0 radical (unpaired) electrons. The molecule has 43 heavy (non-hydrogen) atoms. The van der Waals surface area contributed by atoms with E-state index in [0.29, 0.717) is 42.9 Å². The summed E-state index contributed by atoms with van der Waals surface area (Å²) in [5.74, 6) is -0.213. The molecule has 0 bridgehead atoms. The number of nitrogens with one attached hydrogen (secondary N) is 2. The number of nitrogens with zero attached hydrogens (tertiary/aromatic N) is 3. The Morgan fingerprint density at radius 1 is 1.21 bits per heavy atom. The second-order valence-corrected chi connectivity index (χ2v) is 13.1. The normalized spacial score (nSPS) is 17.8. The van der Waals surface area contributed by atoms with Crippen molar-refractivity contribution in [3.05, 3.63) is 77.8 Å². The highest BCUT2D eigenvalue weighted by atomic mass is 35.5. The van der Waals surface area contributed by atoms with Gasteiger partial charge < -0.3 is 16.4 Å². The van der Waals surface area contributed by atoms with E-state index in [9.17, 15) is 19.2 Å². The first-order chi connectivity index (χ1) is 20.4. The fourth-order valence-electron chi connectivity index (χ4n) is 4.46. The average molecular weight is 681 g/mol. The number of hydrogen-bond acceptors (Lipinski definition) is 9. The number of carbonyl (C=O) groups is 4. The number of benzene rings is 1. The fourth-order valence-corrected chi connectivity index (χ4v) is 7.87. The van der Waals surface area contributed by atoms with E-state index < -0.39 is 16.7 Å². The molecule has 0 spiro atoms. The standard InChI is InChI=1S/C28H27ClN6O4S3.ClH/c29-24(37)23-18(5-3-12-34-13-8-17(9-14-34)25(38)31-11-4-10-30)15-40-27-22(26(39)35(23)27)33-21(36)16-41-28-32-19-6-1-2-7-20(19)42-28;/h1-3,5-9,13-14,22,27H,4,10-12,15-16,30H2,(H-,31,33,36,38);1H/p+1/b5-3+;/t22-,27-;/m1./s1. The molecule has 2 aliphatic rings. The van der Waals surface area contributed by atoms with E-state index in [2.05, 4.69) is 15.6 Å². The number of β-lactam (4-membered cyclic amide) rings is 1. The molecule has 15 heteroatoms. The van der Waals surface area contributed by atoms with Crippen LogP contribution < -0.4 is 20.9 Å². The van der Waals surface area contributed by atoms with Crippen LogP contribution in [0.1, 0.15) is 16.8 Å². The van der Waals surface area contributed by atoms with Gasteiger partial charge in [0.05, 0.1) is 21.5 Å². The van der Waals surface area contributed by atoms with Crippen LogP contribution in [0.2, 0.25) is 0 Å². The molecule has 1 aromatic carbocycles. The summed E-state index contributed by atoms with van der Waals surface area (Å²) in [6.07, 6.45) is 7.94. The molecule has 1 saturated heterocycles. The van der Waals surface area contributed by atoms with Crippen LogP contribution in [0.15, 0.2) is 76.6 Å². The lowest BCUT2D eigenvalue weighted by atomic mass is 10.0. The van der Waals surface area contributed by atoms with Gasteiger partial charge in [0.2, 0.25) is 5.91 Å². The number of rotatable bonds is 12. The lowest BCUT2D eigenvalue weighted by molar-refractivity contribution is -0.687. The Balaban J connectivity index is 0.00000423. The smallest absolute Gasteiger partial charge is 0.269 e. The first-order valence-corrected chi connectivity index (χ1v) is 16.4. The van der Waals surface area contributed by atoms with E-state index in [1.54, 1.807) is 30.6 Å². The number of nitrogens with two attached hydrogens (primary N) is 1. The van der Waals surface area contributed by atoms with E-state index >= 15 is 0 Å². The molecule has 4 N–H and O–H groups in total. The van der Waals surface area contributed by atoms with E-state index in [-0.39, 0.29) is 41.6 Å². The van der Waals surface area contributed by atoms with Crippen LogP contribution in [0, 0.1) is 0 Å². The minimum Gasteiger partial charge on any atom is -0.352 e. The Hall–Kier alpha value is -2.94. The number of carbonyl (C=O) groups excluding carboxylic acids is 4. The molecule has 2 atom stereocenters. The van der Waals surface area contributed by atoms with Crippen LogP contribution in [0.25, 0.3) is 10.2 Å². The van der Waals surface area contributed by atoms with Crippen LogP contribution >= 0.6 is 58.9 Å². The second-order valence-electron chi connectivity index (χ2n) is 9.42. The third kappa shape index (κ3) is 7.78. The number of fused-ring (bicyclic) bond motifs is 2. The number of pyridine rings is 1. The highest BCUT2D eigenvalue weighted by Crippen LogP contribution is 2.41. The van der Waals surface area contributed by atoms with Gasteiger partial charge in [-0.15, -0.1) is 35.5 Å². The largest absolute Gasteiger partial charge is 0.352 e. The summed E-state index contributed by atoms with van der Waals surface area (Å²) in [6, 6.07) is 10.5. The van der Waals surface area contributed by atoms with Gasteiger partial charge in [-0.1, -0.05) is 30.0 Å². The molecule has 10 nitrogen and oxygen atoms in total. The molecule has 226 valence electrons. The molecule has 3 amide bonds. The number of amides is 3. The Morgan fingerprint density at radius 3 is 2.70 bits per heavy atom. The topological polar surface area (TPSA) is 138 Å². The van der Waals surface area contributed by atoms with Crippen molar-refractivity contribution in [1.29, 1.82) is 0 Å². The number of thiazole rings is 1. The maximum atomic E-state index is 13.0. The predicted molar refractivity (Wildman–Crippen MR) is 172 cm³/mol. The Morgan fingerprint density at radius 2 is 1.98 bits per heavy atom. The molecular weight excluding hydrogens is 651 g/mol. The van der Waals surface area contributed by atoms with Gasteiger partial charge in [-0.25, -0.2) is 9.55 Å². The minimum atomic E-state index is -0.725. The number of halogens is 2. The van der Waals surface area contributed by atoms with Crippen molar-refractivity contribution < 1.29 is 23.7 Å². The summed E-state index contributed by atoms with van der Waals surface area (Å²) in [7, 11) is 0. The molecule has 4 heterocycles. The number of para-hydroxylation sites is 1. The van der Waals surface area contributed by atoms with Gasteiger partial charge in [0.15, 0.2) is 23.3 Å². The highest BCUT2D eigenvalue weighted by Gasteiger charge is 2.53. The van der Waals surface area contributed by atoms with Crippen molar-refractivity contribution in [2.75, 3.05) is 24.6 Å². The SMILES string of the molecule is Cl.NCCCNC(=O)c1cc[n+](C/C=C/C2=C(C(=O)Cl)N3C(=O)[C@@H](NC(=O)CSc4nc5ccccc5s4)[C@H]3SC2)cc1. The summed E-state index contributed by atoms with van der Waals surface area (Å²) < 4.78 is 3.71. The van der Waals surface area contributed by atoms with Crippen LogP contribution in [0.3, 0.4) is 0 Å². The van der Waals surface area contributed by atoms with E-state index in [1.807, 2.05) is 34.9 Å². The average Bonchev–Trinajstić information content (AvgIpc) is 3.42. The predicted octanol–water partition coefficient (Wildman–Crippen LogP) is 2.85. The van der Waals surface area contributed by atoms with Gasteiger partial charge in [-0.3, -0.25) is 24.1 Å². The van der Waals surface area contributed by atoms with Gasteiger partial charge in [-0.2, -0.15) is 0 Å². The Labute approximate surface area is 271 Å². The summed E-state index contributed by atoms with van der Waals surface area (Å²) in [5.41, 5.74) is 7.67. The zero-order valence-corrected chi connectivity index (χ0v) is 26.8. The van der Waals surface area contributed by atoms with Crippen molar-refractivity contribution in [2.24, 2.45) is 5.73 Å². The summed E-state index contributed by atoms with van der Waals surface area (Å²) in [6.45, 7) is 1.53. The lowest BCUT2D eigenvalue weighted by Crippen LogP contribution is -2.70.